The number of hydrogen-bond acceptors (Lipinski definition) is 6. The van der Waals surface area contributed by atoms with E-state index in [1.54, 1.807) is 11.7 Å². The van der Waals surface area contributed by atoms with Crippen LogP contribution in [0.1, 0.15) is 28.0 Å². The van der Waals surface area contributed by atoms with Crippen molar-refractivity contribution < 1.29 is 4.79 Å². The summed E-state index contributed by atoms with van der Waals surface area (Å²) >= 11 is 1.30. The number of carbonyl (C=O) groups is 1. The fourth-order valence-corrected chi connectivity index (χ4v) is 3.67. The third-order valence-corrected chi connectivity index (χ3v) is 5.12. The molecule has 26 heavy (non-hydrogen) atoms. The van der Waals surface area contributed by atoms with E-state index in [2.05, 4.69) is 45.7 Å². The lowest BCUT2D eigenvalue weighted by Gasteiger charge is -2.09. The van der Waals surface area contributed by atoms with Gasteiger partial charge in [0.2, 0.25) is 5.13 Å². The van der Waals surface area contributed by atoms with Crippen LogP contribution in [0.15, 0.2) is 17.9 Å². The molecule has 1 aliphatic rings. The van der Waals surface area contributed by atoms with Crippen LogP contribution in [0.4, 0.5) is 5.13 Å². The summed E-state index contributed by atoms with van der Waals surface area (Å²) in [6.07, 6.45) is 6.81. The molecule has 0 fully saturated rings. The van der Waals surface area contributed by atoms with Gasteiger partial charge in [0.05, 0.1) is 17.8 Å². The highest BCUT2D eigenvalue weighted by atomic mass is 32.1. The standard InChI is InChI=1S/C17H21N7OS/c1-23(2)6-7-24-9-11-4-3-5-13-14(15(11)22-24)12(8-18-13)16(25)20-17-21-19-10-26-17/h8-10,18H,3-7H2,1-2H3,(H,20,21,25). The molecule has 0 saturated heterocycles. The van der Waals surface area contributed by atoms with Gasteiger partial charge in [0, 0.05) is 30.2 Å². The minimum Gasteiger partial charge on any atom is -0.364 e. The number of aromatic nitrogens is 5. The lowest BCUT2D eigenvalue weighted by molar-refractivity contribution is 0.102. The molecule has 1 amide bonds. The molecule has 3 heterocycles. The number of aromatic amines is 1. The first kappa shape index (κ1) is 16.9. The minimum absolute atomic E-state index is 0.185. The second-order valence-electron chi connectivity index (χ2n) is 6.68. The fourth-order valence-electron chi connectivity index (χ4n) is 3.23. The highest BCUT2D eigenvalue weighted by molar-refractivity contribution is 7.13. The van der Waals surface area contributed by atoms with Gasteiger partial charge in [0.25, 0.3) is 5.91 Å². The van der Waals surface area contributed by atoms with E-state index >= 15 is 0 Å². The predicted octanol–water partition coefficient (Wildman–Crippen LogP) is 2.03. The topological polar surface area (TPSA) is 91.7 Å². The Morgan fingerprint density at radius 1 is 1.42 bits per heavy atom. The zero-order valence-corrected chi connectivity index (χ0v) is 15.6. The number of fused-ring (bicyclic) bond motifs is 3. The smallest absolute Gasteiger partial charge is 0.259 e. The van der Waals surface area contributed by atoms with Gasteiger partial charge in [-0.1, -0.05) is 11.3 Å². The summed E-state index contributed by atoms with van der Waals surface area (Å²) < 4.78 is 1.99. The third-order valence-electron chi connectivity index (χ3n) is 4.51. The third kappa shape index (κ3) is 3.27. The molecule has 0 unspecified atom stereocenters. The lowest BCUT2D eigenvalue weighted by atomic mass is 10.0. The maximum Gasteiger partial charge on any atom is 0.259 e. The van der Waals surface area contributed by atoms with Gasteiger partial charge in [-0.2, -0.15) is 5.10 Å². The SMILES string of the molecule is CN(C)CCn1cc2c(n1)-c1c(C(=O)Nc3nncs3)c[nH]c1CCC2. The summed E-state index contributed by atoms with van der Waals surface area (Å²) in [6, 6.07) is 0. The van der Waals surface area contributed by atoms with Crippen molar-refractivity contribution in [3.05, 3.63) is 34.7 Å². The Labute approximate surface area is 155 Å². The summed E-state index contributed by atoms with van der Waals surface area (Å²) in [5.74, 6) is -0.185. The van der Waals surface area contributed by atoms with Crippen LogP contribution in [0.2, 0.25) is 0 Å². The van der Waals surface area contributed by atoms with Crippen molar-refractivity contribution in [2.24, 2.45) is 0 Å². The van der Waals surface area contributed by atoms with Gasteiger partial charge in [0.15, 0.2) is 0 Å². The van der Waals surface area contributed by atoms with Crippen LogP contribution in [0.3, 0.4) is 0 Å². The molecular weight excluding hydrogens is 350 g/mol. The second-order valence-corrected chi connectivity index (χ2v) is 7.51. The number of anilines is 1. The molecule has 9 heteroatoms. The molecule has 136 valence electrons. The van der Waals surface area contributed by atoms with Crippen molar-refractivity contribution in [2.45, 2.75) is 25.8 Å². The molecule has 0 spiro atoms. The number of aryl methyl sites for hydroxylation is 2. The van der Waals surface area contributed by atoms with E-state index in [1.165, 1.54) is 16.9 Å². The van der Waals surface area contributed by atoms with Crippen LogP contribution in [0.25, 0.3) is 11.3 Å². The Bertz CT molecular complexity index is 910. The van der Waals surface area contributed by atoms with Crippen molar-refractivity contribution in [3.8, 4) is 11.3 Å². The van der Waals surface area contributed by atoms with Crippen molar-refractivity contribution in [3.63, 3.8) is 0 Å². The maximum absolute atomic E-state index is 12.8. The predicted molar refractivity (Wildman–Crippen MR) is 100 cm³/mol. The molecule has 2 N–H and O–H groups in total. The Morgan fingerprint density at radius 2 is 2.31 bits per heavy atom. The molecule has 0 aromatic carbocycles. The minimum atomic E-state index is -0.185. The first-order valence-corrected chi connectivity index (χ1v) is 9.49. The monoisotopic (exact) mass is 371 g/mol. The number of nitrogens with zero attached hydrogens (tertiary/aromatic N) is 5. The number of likely N-dealkylation sites (N-methyl/N-ethyl adjacent to an activating group) is 1. The van der Waals surface area contributed by atoms with E-state index < -0.39 is 0 Å². The van der Waals surface area contributed by atoms with Gasteiger partial charge in [-0.05, 0) is 38.9 Å². The number of rotatable bonds is 5. The van der Waals surface area contributed by atoms with E-state index in [1.807, 2.05) is 4.68 Å². The maximum atomic E-state index is 12.8. The Balaban J connectivity index is 1.68. The Kier molecular flexibility index (Phi) is 4.56. The first-order valence-electron chi connectivity index (χ1n) is 8.61. The van der Waals surface area contributed by atoms with Crippen molar-refractivity contribution in [1.82, 2.24) is 29.9 Å². The number of nitrogens with one attached hydrogen (secondary N) is 2. The largest absolute Gasteiger partial charge is 0.364 e. The average molecular weight is 371 g/mol. The van der Waals surface area contributed by atoms with Crippen LogP contribution in [-0.2, 0) is 19.4 Å². The van der Waals surface area contributed by atoms with Crippen LogP contribution in [0.5, 0.6) is 0 Å². The number of H-pyrrole nitrogens is 1. The number of amides is 1. The summed E-state index contributed by atoms with van der Waals surface area (Å²) in [5, 5.41) is 15.8. The summed E-state index contributed by atoms with van der Waals surface area (Å²) in [6.45, 7) is 1.75. The van der Waals surface area contributed by atoms with Gasteiger partial charge in [0.1, 0.15) is 5.51 Å². The van der Waals surface area contributed by atoms with Crippen LogP contribution >= 0.6 is 11.3 Å². The Hall–Kier alpha value is -2.52. The van der Waals surface area contributed by atoms with Gasteiger partial charge in [-0.3, -0.25) is 14.8 Å². The lowest BCUT2D eigenvalue weighted by Crippen LogP contribution is -2.18. The number of hydrogen-bond donors (Lipinski definition) is 2. The zero-order chi connectivity index (χ0) is 18.1. The fraction of sp³-hybridized carbons (Fsp3) is 0.412. The van der Waals surface area contributed by atoms with Crippen molar-refractivity contribution >= 4 is 22.4 Å². The molecule has 1 aliphatic carbocycles. The Morgan fingerprint density at radius 3 is 3.08 bits per heavy atom. The molecule has 8 nitrogen and oxygen atoms in total. The van der Waals surface area contributed by atoms with Crippen LogP contribution < -0.4 is 5.32 Å². The molecule has 0 aliphatic heterocycles. The van der Waals surface area contributed by atoms with E-state index in [0.717, 1.165) is 49.3 Å². The normalized spacial score (nSPS) is 13.3. The molecule has 0 bridgehead atoms. The summed E-state index contributed by atoms with van der Waals surface area (Å²) in [5.41, 5.74) is 6.31. The second kappa shape index (κ2) is 7.00. The van der Waals surface area contributed by atoms with Crippen molar-refractivity contribution in [1.29, 1.82) is 0 Å². The van der Waals surface area contributed by atoms with Crippen LogP contribution in [-0.4, -0.2) is 56.4 Å². The summed E-state index contributed by atoms with van der Waals surface area (Å²) in [7, 11) is 4.10. The van der Waals surface area contributed by atoms with Gasteiger partial charge < -0.3 is 9.88 Å². The number of carbonyl (C=O) groups excluding carboxylic acids is 1. The molecule has 0 atom stereocenters. The van der Waals surface area contributed by atoms with E-state index in [0.29, 0.717) is 10.7 Å². The molecule has 0 saturated carbocycles. The molecule has 4 rings (SSSR count). The van der Waals surface area contributed by atoms with E-state index in [-0.39, 0.29) is 5.91 Å². The molecule has 3 aromatic heterocycles. The van der Waals surface area contributed by atoms with E-state index in [9.17, 15) is 4.79 Å². The highest BCUT2D eigenvalue weighted by Gasteiger charge is 2.26. The molecule has 0 radical (unpaired) electrons. The van der Waals surface area contributed by atoms with Gasteiger partial charge >= 0.3 is 0 Å². The molecule has 3 aromatic rings. The first-order chi connectivity index (χ1) is 12.6. The van der Waals surface area contributed by atoms with Gasteiger partial charge in [-0.25, -0.2) is 0 Å². The van der Waals surface area contributed by atoms with Crippen LogP contribution in [0, 0.1) is 0 Å². The molecular formula is C17H21N7OS. The average Bonchev–Trinajstić information content (AvgIpc) is 3.31. The zero-order valence-electron chi connectivity index (χ0n) is 14.8. The summed E-state index contributed by atoms with van der Waals surface area (Å²) in [4.78, 5) is 18.2. The highest BCUT2D eigenvalue weighted by Crippen LogP contribution is 2.34. The quantitative estimate of drug-likeness (QED) is 0.716. The van der Waals surface area contributed by atoms with E-state index in [4.69, 9.17) is 5.10 Å². The van der Waals surface area contributed by atoms with Gasteiger partial charge in [-0.15, -0.1) is 10.2 Å². The van der Waals surface area contributed by atoms with Crippen molar-refractivity contribution in [2.75, 3.05) is 26.0 Å².